The first-order chi connectivity index (χ1) is 5.69. The van der Waals surface area contributed by atoms with Crippen molar-refractivity contribution in [3.05, 3.63) is 39.4 Å². The SMILES string of the molecule is S.[C-]#[N+]c1cc(Br)cc(C#N)c1F. The van der Waals surface area contributed by atoms with Gasteiger partial charge in [-0.25, -0.2) is 9.24 Å². The molecule has 13 heavy (non-hydrogen) atoms. The van der Waals surface area contributed by atoms with Crippen LogP contribution in [-0.2, 0) is 0 Å². The fraction of sp³-hybridized carbons (Fsp3) is 0. The van der Waals surface area contributed by atoms with E-state index >= 15 is 0 Å². The summed E-state index contributed by atoms with van der Waals surface area (Å²) in [6, 6.07) is 4.34. The molecule has 0 heterocycles. The molecular weight excluding hydrogens is 255 g/mol. The summed E-state index contributed by atoms with van der Waals surface area (Å²) in [6.07, 6.45) is 0. The predicted molar refractivity (Wildman–Crippen MR) is 55.5 cm³/mol. The summed E-state index contributed by atoms with van der Waals surface area (Å²) in [4.78, 5) is 2.93. The Morgan fingerprint density at radius 2 is 2.15 bits per heavy atom. The number of benzene rings is 1. The number of rotatable bonds is 0. The van der Waals surface area contributed by atoms with Crippen molar-refractivity contribution in [3.8, 4) is 6.07 Å². The maximum atomic E-state index is 13.0. The van der Waals surface area contributed by atoms with Crippen molar-refractivity contribution in [1.82, 2.24) is 0 Å². The van der Waals surface area contributed by atoms with E-state index in [1.807, 2.05) is 0 Å². The molecule has 0 atom stereocenters. The van der Waals surface area contributed by atoms with E-state index in [0.717, 1.165) is 0 Å². The Balaban J connectivity index is 0.00000144. The molecule has 0 N–H and O–H groups in total. The average Bonchev–Trinajstić information content (AvgIpc) is 2.08. The first kappa shape index (κ1) is 12.0. The Kier molecular flexibility index (Phi) is 4.47. The van der Waals surface area contributed by atoms with E-state index in [1.54, 1.807) is 6.07 Å². The van der Waals surface area contributed by atoms with Gasteiger partial charge in [-0.1, -0.05) is 15.9 Å². The quantitative estimate of drug-likeness (QED) is 0.658. The van der Waals surface area contributed by atoms with E-state index in [0.29, 0.717) is 4.47 Å². The van der Waals surface area contributed by atoms with Crippen molar-refractivity contribution in [1.29, 1.82) is 5.26 Å². The molecule has 1 aromatic rings. The Hall–Kier alpha value is -1.04. The summed E-state index contributed by atoms with van der Waals surface area (Å²) >= 11 is 3.07. The number of nitriles is 1. The molecule has 0 unspecified atom stereocenters. The Morgan fingerprint density at radius 3 is 2.62 bits per heavy atom. The van der Waals surface area contributed by atoms with Gasteiger partial charge in [0.1, 0.15) is 11.9 Å². The van der Waals surface area contributed by atoms with Gasteiger partial charge in [0.05, 0.1) is 12.1 Å². The molecule has 66 valence electrons. The molecule has 0 aliphatic carbocycles. The van der Waals surface area contributed by atoms with E-state index < -0.39 is 5.82 Å². The standard InChI is InChI=1S/C8H2BrFN2.H2S/c1-12-7-3-6(9)2-5(4-11)8(7)10;/h2-3H;1H2. The lowest BCUT2D eigenvalue weighted by Crippen LogP contribution is -1.83. The van der Waals surface area contributed by atoms with Crippen molar-refractivity contribution in [2.45, 2.75) is 0 Å². The summed E-state index contributed by atoms with van der Waals surface area (Å²) < 4.78 is 13.5. The zero-order valence-corrected chi connectivity index (χ0v) is 8.89. The van der Waals surface area contributed by atoms with Gasteiger partial charge in [-0.15, -0.1) is 0 Å². The van der Waals surface area contributed by atoms with Crippen LogP contribution in [0.15, 0.2) is 16.6 Å². The summed E-state index contributed by atoms with van der Waals surface area (Å²) in [5.41, 5.74) is -0.253. The van der Waals surface area contributed by atoms with E-state index in [-0.39, 0.29) is 24.7 Å². The fourth-order valence-electron chi connectivity index (χ4n) is 0.738. The number of nitrogens with zero attached hydrogens (tertiary/aromatic N) is 2. The molecule has 0 aromatic heterocycles. The van der Waals surface area contributed by atoms with Crippen molar-refractivity contribution in [2.75, 3.05) is 0 Å². The van der Waals surface area contributed by atoms with Crippen LogP contribution >= 0.6 is 29.4 Å². The maximum absolute atomic E-state index is 13.0. The van der Waals surface area contributed by atoms with Crippen LogP contribution in [0.2, 0.25) is 0 Å². The highest BCUT2D eigenvalue weighted by atomic mass is 79.9. The maximum Gasteiger partial charge on any atom is 0.224 e. The molecule has 2 nitrogen and oxygen atoms in total. The number of hydrogen-bond acceptors (Lipinski definition) is 1. The first-order valence-electron chi connectivity index (χ1n) is 2.95. The van der Waals surface area contributed by atoms with Gasteiger partial charge in [-0.05, 0) is 12.1 Å². The molecule has 0 fully saturated rings. The lowest BCUT2D eigenvalue weighted by atomic mass is 10.2. The summed E-state index contributed by atoms with van der Waals surface area (Å²) in [5, 5.41) is 8.45. The smallest absolute Gasteiger partial charge is 0.224 e. The summed E-state index contributed by atoms with van der Waals surface area (Å²) in [6.45, 7) is 6.61. The number of halogens is 2. The second kappa shape index (κ2) is 4.86. The second-order valence-electron chi connectivity index (χ2n) is 2.01. The predicted octanol–water partition coefficient (Wildman–Crippen LogP) is 3.12. The topological polar surface area (TPSA) is 28.1 Å². The minimum atomic E-state index is -0.754. The molecule has 5 heteroatoms. The highest BCUT2D eigenvalue weighted by Gasteiger charge is 2.08. The van der Waals surface area contributed by atoms with Crippen LogP contribution < -0.4 is 0 Å². The first-order valence-corrected chi connectivity index (χ1v) is 3.75. The van der Waals surface area contributed by atoms with Gasteiger partial charge in [-0.3, -0.25) is 0 Å². The van der Waals surface area contributed by atoms with E-state index in [9.17, 15) is 4.39 Å². The number of hydrogen-bond donors (Lipinski definition) is 0. The van der Waals surface area contributed by atoms with Gasteiger partial charge in [0.15, 0.2) is 0 Å². The van der Waals surface area contributed by atoms with Gasteiger partial charge in [0.25, 0.3) is 0 Å². The van der Waals surface area contributed by atoms with E-state index in [1.165, 1.54) is 12.1 Å². The Morgan fingerprint density at radius 1 is 1.54 bits per heavy atom. The molecule has 0 saturated heterocycles. The molecule has 0 saturated carbocycles. The minimum Gasteiger partial charge on any atom is -0.235 e. The Labute approximate surface area is 90.4 Å². The lowest BCUT2D eigenvalue weighted by Gasteiger charge is -1.96. The van der Waals surface area contributed by atoms with Crippen LogP contribution in [0.5, 0.6) is 0 Å². The normalized spacial score (nSPS) is 8.00. The monoisotopic (exact) mass is 258 g/mol. The molecule has 0 aliphatic rings. The van der Waals surface area contributed by atoms with Gasteiger partial charge in [-0.2, -0.15) is 18.8 Å². The van der Waals surface area contributed by atoms with Crippen LogP contribution in [0.4, 0.5) is 10.1 Å². The van der Waals surface area contributed by atoms with Gasteiger partial charge < -0.3 is 0 Å². The minimum absolute atomic E-state index is 0. The van der Waals surface area contributed by atoms with Crippen molar-refractivity contribution in [3.63, 3.8) is 0 Å². The third-order valence-corrected chi connectivity index (χ3v) is 1.72. The van der Waals surface area contributed by atoms with Crippen LogP contribution in [0.3, 0.4) is 0 Å². The highest BCUT2D eigenvalue weighted by Crippen LogP contribution is 2.25. The van der Waals surface area contributed by atoms with E-state index in [4.69, 9.17) is 11.8 Å². The van der Waals surface area contributed by atoms with Crippen LogP contribution in [0, 0.1) is 23.7 Å². The third-order valence-electron chi connectivity index (χ3n) is 1.26. The van der Waals surface area contributed by atoms with Gasteiger partial charge in [0, 0.05) is 4.47 Å². The molecule has 0 amide bonds. The Bertz CT molecular complexity index is 371. The lowest BCUT2D eigenvalue weighted by molar-refractivity contribution is 0.629. The molecule has 1 rings (SSSR count). The second-order valence-corrected chi connectivity index (χ2v) is 2.93. The average molecular weight is 259 g/mol. The zero-order chi connectivity index (χ0) is 9.14. The van der Waals surface area contributed by atoms with Crippen LogP contribution in [-0.4, -0.2) is 0 Å². The summed E-state index contributed by atoms with van der Waals surface area (Å²) in [5.74, 6) is -0.754. The molecule has 0 spiro atoms. The van der Waals surface area contributed by atoms with Crippen molar-refractivity contribution < 1.29 is 4.39 Å². The fourth-order valence-corrected chi connectivity index (χ4v) is 1.18. The molecular formula is C8H4BrFN2S. The van der Waals surface area contributed by atoms with Gasteiger partial charge >= 0.3 is 0 Å². The van der Waals surface area contributed by atoms with Crippen molar-refractivity contribution in [2.24, 2.45) is 0 Å². The van der Waals surface area contributed by atoms with Crippen molar-refractivity contribution >= 4 is 35.1 Å². The van der Waals surface area contributed by atoms with Gasteiger partial charge in [0.2, 0.25) is 5.69 Å². The molecule has 0 bridgehead atoms. The summed E-state index contributed by atoms with van der Waals surface area (Å²) in [7, 11) is 0. The molecule has 0 radical (unpaired) electrons. The third kappa shape index (κ3) is 2.45. The van der Waals surface area contributed by atoms with Crippen LogP contribution in [0.25, 0.3) is 4.85 Å². The molecule has 1 aromatic carbocycles. The van der Waals surface area contributed by atoms with E-state index in [2.05, 4.69) is 20.8 Å². The highest BCUT2D eigenvalue weighted by molar-refractivity contribution is 9.10. The largest absolute Gasteiger partial charge is 0.235 e. The molecule has 0 aliphatic heterocycles. The van der Waals surface area contributed by atoms with Crippen LogP contribution in [0.1, 0.15) is 5.56 Å². The zero-order valence-electron chi connectivity index (χ0n) is 6.31.